The Bertz CT molecular complexity index is 1160. The van der Waals surface area contributed by atoms with Crippen molar-refractivity contribution >= 4 is 34.2 Å². The number of carbonyl (C=O) groups is 1. The summed E-state index contributed by atoms with van der Waals surface area (Å²) >= 11 is 6.16. The van der Waals surface area contributed by atoms with Crippen molar-refractivity contribution in [1.29, 1.82) is 0 Å². The molecule has 3 aromatic rings. The number of methoxy groups -OCH3 is 1. The molecule has 2 heterocycles. The molecule has 8 heteroatoms. The van der Waals surface area contributed by atoms with Crippen molar-refractivity contribution in [1.82, 2.24) is 5.32 Å². The molecule has 1 saturated heterocycles. The van der Waals surface area contributed by atoms with Gasteiger partial charge >= 0.3 is 0 Å². The number of halogens is 2. The summed E-state index contributed by atoms with van der Waals surface area (Å²) in [6.45, 7) is 1.08. The molecule has 1 amide bonds. The Balaban J connectivity index is 1.82. The molecule has 1 aromatic heterocycles. The minimum Gasteiger partial charge on any atom is -0.493 e. The van der Waals surface area contributed by atoms with Gasteiger partial charge in [-0.15, -0.1) is 0 Å². The molecule has 1 N–H and O–H groups in total. The first-order valence-corrected chi connectivity index (χ1v) is 9.93. The molecule has 0 radical (unpaired) electrons. The summed E-state index contributed by atoms with van der Waals surface area (Å²) in [5, 5.41) is 3.77. The van der Waals surface area contributed by atoms with Crippen molar-refractivity contribution in [2.75, 3.05) is 20.3 Å². The highest BCUT2D eigenvalue weighted by Crippen LogP contribution is 2.27. The summed E-state index contributed by atoms with van der Waals surface area (Å²) in [5.74, 6) is -0.383. The number of hydrogen-bond donors (Lipinski definition) is 1. The van der Waals surface area contributed by atoms with Crippen LogP contribution in [0.5, 0.6) is 5.75 Å². The van der Waals surface area contributed by atoms with Crippen molar-refractivity contribution in [3.63, 3.8) is 0 Å². The monoisotopic (exact) mass is 430 g/mol. The number of rotatable bonds is 5. The second-order valence-electron chi connectivity index (χ2n) is 6.90. The molecule has 1 aliphatic rings. The highest BCUT2D eigenvalue weighted by molar-refractivity contribution is 6.32. The Morgan fingerprint density at radius 2 is 2.20 bits per heavy atom. The van der Waals surface area contributed by atoms with Gasteiger partial charge in [0.15, 0.2) is 11.3 Å². The molecular weight excluding hydrogens is 411 g/mol. The highest BCUT2D eigenvalue weighted by atomic mass is 35.5. The molecule has 156 valence electrons. The Labute approximate surface area is 177 Å². The molecule has 0 saturated carbocycles. The zero-order chi connectivity index (χ0) is 21.1. The summed E-state index contributed by atoms with van der Waals surface area (Å²) in [6.07, 6.45) is 1.87. The molecule has 6 nitrogen and oxygen atoms in total. The molecule has 1 atom stereocenters. The topological polar surface area (TPSA) is 73.1 Å². The number of amides is 1. The molecule has 30 heavy (non-hydrogen) atoms. The Morgan fingerprint density at radius 1 is 1.33 bits per heavy atom. The SMILES string of the molecule is COc1cccc2cc(C(=O)NCC3CCCO3)c(=Nc3cc(F)ccc3Cl)oc12. The van der Waals surface area contributed by atoms with Crippen LogP contribution in [0.3, 0.4) is 0 Å². The smallest absolute Gasteiger partial charge is 0.256 e. The van der Waals surface area contributed by atoms with Gasteiger partial charge in [0.05, 0.1) is 23.9 Å². The second-order valence-corrected chi connectivity index (χ2v) is 7.30. The van der Waals surface area contributed by atoms with Crippen molar-refractivity contribution in [2.24, 2.45) is 4.99 Å². The number of para-hydroxylation sites is 1. The first-order valence-electron chi connectivity index (χ1n) is 9.55. The van der Waals surface area contributed by atoms with Gasteiger partial charge in [0.1, 0.15) is 11.4 Å². The summed E-state index contributed by atoms with van der Waals surface area (Å²) in [6, 6.07) is 10.8. The zero-order valence-corrected chi connectivity index (χ0v) is 17.0. The van der Waals surface area contributed by atoms with Crippen LogP contribution in [0.15, 0.2) is 51.9 Å². The molecule has 0 spiro atoms. The van der Waals surface area contributed by atoms with Crippen LogP contribution in [0, 0.1) is 5.82 Å². The quantitative estimate of drug-likeness (QED) is 0.652. The lowest BCUT2D eigenvalue weighted by atomic mass is 10.1. The third-order valence-electron chi connectivity index (χ3n) is 4.85. The maximum absolute atomic E-state index is 13.7. The van der Waals surface area contributed by atoms with E-state index in [-0.39, 0.29) is 33.8 Å². The Hall–Kier alpha value is -2.90. The van der Waals surface area contributed by atoms with Crippen LogP contribution < -0.4 is 15.6 Å². The van der Waals surface area contributed by atoms with Crippen molar-refractivity contribution in [3.05, 3.63) is 64.4 Å². The van der Waals surface area contributed by atoms with Gasteiger partial charge in [-0.2, -0.15) is 0 Å². The van der Waals surface area contributed by atoms with Crippen LogP contribution in [-0.4, -0.2) is 32.3 Å². The number of carbonyl (C=O) groups excluding carboxylic acids is 1. The van der Waals surface area contributed by atoms with E-state index in [2.05, 4.69) is 10.3 Å². The van der Waals surface area contributed by atoms with Crippen molar-refractivity contribution < 1.29 is 23.1 Å². The largest absolute Gasteiger partial charge is 0.493 e. The van der Waals surface area contributed by atoms with Crippen LogP contribution in [0.4, 0.5) is 10.1 Å². The van der Waals surface area contributed by atoms with Gasteiger partial charge in [-0.1, -0.05) is 23.7 Å². The standard InChI is InChI=1S/C22H20ClFN2O4/c1-28-19-6-2-4-13-10-16(21(27)25-12-15-5-3-9-29-15)22(30-20(13)19)26-18-11-14(24)7-8-17(18)23/h2,4,6-8,10-11,15H,3,5,9,12H2,1H3,(H,25,27). The molecule has 1 aliphatic heterocycles. The highest BCUT2D eigenvalue weighted by Gasteiger charge is 2.19. The minimum atomic E-state index is -0.499. The number of nitrogens with zero attached hydrogens (tertiary/aromatic N) is 1. The van der Waals surface area contributed by atoms with Gasteiger partial charge in [0, 0.05) is 24.6 Å². The fourth-order valence-corrected chi connectivity index (χ4v) is 3.48. The normalized spacial score (nSPS) is 16.8. The van der Waals surface area contributed by atoms with Crippen LogP contribution in [-0.2, 0) is 4.74 Å². The lowest BCUT2D eigenvalue weighted by Gasteiger charge is -2.12. The average Bonchev–Trinajstić information content (AvgIpc) is 3.27. The summed E-state index contributed by atoms with van der Waals surface area (Å²) in [4.78, 5) is 17.3. The van der Waals surface area contributed by atoms with Crippen molar-refractivity contribution in [3.8, 4) is 5.75 Å². The van der Waals surface area contributed by atoms with Crippen LogP contribution >= 0.6 is 11.6 Å². The molecule has 0 bridgehead atoms. The van der Waals surface area contributed by atoms with Gasteiger partial charge in [0.25, 0.3) is 5.91 Å². The first-order chi connectivity index (χ1) is 14.5. The number of ether oxygens (including phenoxy) is 2. The number of nitrogens with one attached hydrogen (secondary N) is 1. The maximum Gasteiger partial charge on any atom is 0.256 e. The van der Waals surface area contributed by atoms with E-state index in [1.165, 1.54) is 25.3 Å². The van der Waals surface area contributed by atoms with E-state index >= 15 is 0 Å². The Morgan fingerprint density at radius 3 is 2.97 bits per heavy atom. The van der Waals surface area contributed by atoms with E-state index in [4.69, 9.17) is 25.5 Å². The molecule has 4 rings (SSSR count). The van der Waals surface area contributed by atoms with Gasteiger partial charge < -0.3 is 19.2 Å². The van der Waals surface area contributed by atoms with Crippen LogP contribution in [0.25, 0.3) is 11.0 Å². The zero-order valence-electron chi connectivity index (χ0n) is 16.3. The molecule has 0 aliphatic carbocycles. The molecule has 2 aromatic carbocycles. The van der Waals surface area contributed by atoms with E-state index in [9.17, 15) is 9.18 Å². The second kappa shape index (κ2) is 8.85. The third kappa shape index (κ3) is 4.32. The first kappa shape index (κ1) is 20.4. The average molecular weight is 431 g/mol. The summed E-state index contributed by atoms with van der Waals surface area (Å²) in [7, 11) is 1.52. The minimum absolute atomic E-state index is 0.00402. The maximum atomic E-state index is 13.7. The van der Waals surface area contributed by atoms with Gasteiger partial charge in [-0.25, -0.2) is 9.38 Å². The van der Waals surface area contributed by atoms with Gasteiger partial charge in [0.2, 0.25) is 5.55 Å². The predicted molar refractivity (Wildman–Crippen MR) is 111 cm³/mol. The van der Waals surface area contributed by atoms with Crippen LogP contribution in [0.1, 0.15) is 23.2 Å². The van der Waals surface area contributed by atoms with E-state index < -0.39 is 5.82 Å². The fraction of sp³-hybridized carbons (Fsp3) is 0.273. The van der Waals surface area contributed by atoms with Gasteiger partial charge in [-0.3, -0.25) is 4.79 Å². The third-order valence-corrected chi connectivity index (χ3v) is 5.17. The molecule has 1 fully saturated rings. The molecular formula is C22H20ClFN2O4. The lowest BCUT2D eigenvalue weighted by Crippen LogP contribution is -2.34. The van der Waals surface area contributed by atoms with Gasteiger partial charge in [-0.05, 0) is 37.1 Å². The summed E-state index contributed by atoms with van der Waals surface area (Å²) < 4.78 is 30.6. The lowest BCUT2D eigenvalue weighted by molar-refractivity contribution is 0.0854. The molecule has 1 unspecified atom stereocenters. The number of hydrogen-bond acceptors (Lipinski definition) is 5. The van der Waals surface area contributed by atoms with Crippen LogP contribution in [0.2, 0.25) is 5.02 Å². The number of fused-ring (bicyclic) bond motifs is 1. The fourth-order valence-electron chi connectivity index (χ4n) is 3.32. The Kier molecular flexibility index (Phi) is 6.01. The van der Waals surface area contributed by atoms with E-state index in [0.717, 1.165) is 12.8 Å². The van der Waals surface area contributed by atoms with Crippen molar-refractivity contribution in [2.45, 2.75) is 18.9 Å². The summed E-state index contributed by atoms with van der Waals surface area (Å²) in [5.41, 5.74) is 0.781. The van der Waals surface area contributed by atoms with E-state index in [1.807, 2.05) is 0 Å². The number of benzene rings is 2. The predicted octanol–water partition coefficient (Wildman–Crippen LogP) is 4.38. The van der Waals surface area contributed by atoms with E-state index in [1.54, 1.807) is 24.3 Å². The van der Waals surface area contributed by atoms with E-state index in [0.29, 0.717) is 29.9 Å².